The van der Waals surface area contributed by atoms with Crippen LogP contribution >= 0.6 is 11.6 Å². The van der Waals surface area contributed by atoms with Gasteiger partial charge in [0, 0.05) is 24.7 Å². The number of rotatable bonds is 6. The number of halogens is 1. The predicted molar refractivity (Wildman–Crippen MR) is 88.6 cm³/mol. The number of ether oxygens (including phenoxy) is 1. The van der Waals surface area contributed by atoms with Gasteiger partial charge in [-0.05, 0) is 37.1 Å². The van der Waals surface area contributed by atoms with Gasteiger partial charge in [-0.1, -0.05) is 23.7 Å². The number of hydrogen-bond acceptors (Lipinski definition) is 4. The summed E-state index contributed by atoms with van der Waals surface area (Å²) in [4.78, 5) is 25.1. The van der Waals surface area contributed by atoms with Gasteiger partial charge in [-0.25, -0.2) is 4.79 Å². The summed E-state index contributed by atoms with van der Waals surface area (Å²) in [5.41, 5.74) is 1.72. The van der Waals surface area contributed by atoms with E-state index in [2.05, 4.69) is 0 Å². The van der Waals surface area contributed by atoms with Gasteiger partial charge < -0.3 is 9.64 Å². The second-order valence-corrected chi connectivity index (χ2v) is 5.50. The van der Waals surface area contributed by atoms with Gasteiger partial charge in [0.1, 0.15) is 0 Å². The molecule has 0 aliphatic heterocycles. The van der Waals surface area contributed by atoms with Crippen LogP contribution in [0.1, 0.15) is 24.5 Å². The minimum Gasteiger partial charge on any atom is -0.449 e. The van der Waals surface area contributed by atoms with Gasteiger partial charge in [0.25, 0.3) is 5.91 Å². The van der Waals surface area contributed by atoms with Gasteiger partial charge in [0.05, 0.1) is 12.5 Å². The normalized spacial score (nSPS) is 11.8. The molecule has 0 radical (unpaired) electrons. The molecule has 0 aliphatic rings. The molecule has 1 aromatic carbocycles. The zero-order valence-corrected chi connectivity index (χ0v) is 14.1. The van der Waals surface area contributed by atoms with E-state index in [9.17, 15) is 9.59 Å². The Morgan fingerprint density at radius 1 is 1.48 bits per heavy atom. The number of benzene rings is 1. The summed E-state index contributed by atoms with van der Waals surface area (Å²) in [5.74, 6) is -0.961. The second-order valence-electron chi connectivity index (χ2n) is 5.09. The largest absolute Gasteiger partial charge is 0.449 e. The van der Waals surface area contributed by atoms with Gasteiger partial charge in [-0.3, -0.25) is 4.79 Å². The number of amides is 1. The van der Waals surface area contributed by atoms with Crippen LogP contribution in [0.5, 0.6) is 0 Å². The minimum absolute atomic E-state index is 0.233. The van der Waals surface area contributed by atoms with E-state index < -0.39 is 12.1 Å². The van der Waals surface area contributed by atoms with Crippen molar-refractivity contribution in [1.29, 1.82) is 5.26 Å². The summed E-state index contributed by atoms with van der Waals surface area (Å²) in [6.45, 7) is 3.69. The fourth-order valence-electron chi connectivity index (χ4n) is 1.78. The molecule has 122 valence electrons. The quantitative estimate of drug-likeness (QED) is 0.592. The molecule has 0 fully saturated rings. The van der Waals surface area contributed by atoms with Crippen LogP contribution in [0, 0.1) is 18.3 Å². The molecule has 0 unspecified atom stereocenters. The van der Waals surface area contributed by atoms with Gasteiger partial charge in [-0.15, -0.1) is 0 Å². The molecule has 0 saturated carbocycles. The lowest BCUT2D eigenvalue weighted by Crippen LogP contribution is -2.37. The summed E-state index contributed by atoms with van der Waals surface area (Å²) in [7, 11) is 1.56. The molecule has 0 spiro atoms. The van der Waals surface area contributed by atoms with Crippen molar-refractivity contribution in [1.82, 2.24) is 4.90 Å². The highest BCUT2D eigenvalue weighted by molar-refractivity contribution is 6.31. The van der Waals surface area contributed by atoms with Crippen molar-refractivity contribution >= 4 is 29.6 Å². The Labute approximate surface area is 141 Å². The van der Waals surface area contributed by atoms with Crippen LogP contribution in [0.25, 0.3) is 6.08 Å². The van der Waals surface area contributed by atoms with Gasteiger partial charge in [-0.2, -0.15) is 5.26 Å². The molecular formula is C17H19ClN2O3. The van der Waals surface area contributed by atoms with E-state index in [1.165, 1.54) is 17.9 Å². The van der Waals surface area contributed by atoms with Crippen molar-refractivity contribution < 1.29 is 14.3 Å². The molecule has 1 amide bonds. The van der Waals surface area contributed by atoms with Crippen LogP contribution in [-0.4, -0.2) is 36.5 Å². The van der Waals surface area contributed by atoms with Crippen LogP contribution in [0.4, 0.5) is 0 Å². The molecule has 1 aromatic rings. The fourth-order valence-corrected chi connectivity index (χ4v) is 1.97. The van der Waals surface area contributed by atoms with E-state index in [0.717, 1.165) is 11.1 Å². The van der Waals surface area contributed by atoms with Crippen LogP contribution < -0.4 is 0 Å². The number of nitrogens with zero attached hydrogens (tertiary/aromatic N) is 2. The molecule has 1 atom stereocenters. The Kier molecular flexibility index (Phi) is 7.30. The maximum atomic E-state index is 11.9. The first-order valence-electron chi connectivity index (χ1n) is 7.12. The third-order valence-corrected chi connectivity index (χ3v) is 3.59. The number of nitriles is 1. The zero-order chi connectivity index (χ0) is 17.4. The van der Waals surface area contributed by atoms with E-state index in [-0.39, 0.29) is 12.3 Å². The van der Waals surface area contributed by atoms with E-state index in [1.54, 1.807) is 19.2 Å². The summed E-state index contributed by atoms with van der Waals surface area (Å²) in [6, 6.07) is 7.38. The van der Waals surface area contributed by atoms with E-state index in [0.29, 0.717) is 11.6 Å². The Balaban J connectivity index is 2.58. The fraction of sp³-hybridized carbons (Fsp3) is 0.353. The van der Waals surface area contributed by atoms with Gasteiger partial charge in [0.2, 0.25) is 0 Å². The average Bonchev–Trinajstić information content (AvgIpc) is 2.52. The number of hydrogen-bond donors (Lipinski definition) is 0. The number of esters is 1. The highest BCUT2D eigenvalue weighted by atomic mass is 35.5. The summed E-state index contributed by atoms with van der Waals surface area (Å²) in [6.07, 6.45) is 2.15. The first-order chi connectivity index (χ1) is 10.8. The van der Waals surface area contributed by atoms with Crippen LogP contribution in [0.3, 0.4) is 0 Å². The Hall–Kier alpha value is -2.32. The van der Waals surface area contributed by atoms with Gasteiger partial charge >= 0.3 is 5.97 Å². The lowest BCUT2D eigenvalue weighted by molar-refractivity contribution is -0.154. The highest BCUT2D eigenvalue weighted by Crippen LogP contribution is 2.17. The number of carbonyl (C=O) groups excluding carboxylic acids is 2. The van der Waals surface area contributed by atoms with E-state index in [1.807, 2.05) is 25.1 Å². The van der Waals surface area contributed by atoms with Crippen LogP contribution in [-0.2, 0) is 14.3 Å². The third kappa shape index (κ3) is 6.13. The molecule has 5 nitrogen and oxygen atoms in total. The molecule has 0 bridgehead atoms. The number of aryl methyl sites for hydroxylation is 1. The highest BCUT2D eigenvalue weighted by Gasteiger charge is 2.20. The molecule has 6 heteroatoms. The summed E-state index contributed by atoms with van der Waals surface area (Å²) in [5, 5.41) is 9.12. The number of likely N-dealkylation sites (N-methyl/N-ethyl adjacent to an activating group) is 1. The molecule has 23 heavy (non-hydrogen) atoms. The number of carbonyl (C=O) groups is 2. The van der Waals surface area contributed by atoms with Crippen molar-refractivity contribution in [2.24, 2.45) is 0 Å². The maximum Gasteiger partial charge on any atom is 0.331 e. The third-order valence-electron chi connectivity index (χ3n) is 3.18. The molecular weight excluding hydrogens is 316 g/mol. The monoisotopic (exact) mass is 334 g/mol. The van der Waals surface area contributed by atoms with E-state index in [4.69, 9.17) is 21.6 Å². The van der Waals surface area contributed by atoms with Crippen LogP contribution in [0.15, 0.2) is 24.3 Å². The second kappa shape index (κ2) is 8.96. The van der Waals surface area contributed by atoms with Gasteiger partial charge in [0.15, 0.2) is 6.10 Å². The smallest absolute Gasteiger partial charge is 0.331 e. The van der Waals surface area contributed by atoms with Crippen LogP contribution in [0.2, 0.25) is 5.02 Å². The lowest BCUT2D eigenvalue weighted by Gasteiger charge is -2.19. The SMILES string of the molecule is Cc1ccc(/C=C/C(=O)O[C@H](C)C(=O)N(C)CCC#N)cc1Cl. The summed E-state index contributed by atoms with van der Waals surface area (Å²) >= 11 is 6.01. The maximum absolute atomic E-state index is 11.9. The average molecular weight is 335 g/mol. The molecule has 0 saturated heterocycles. The molecule has 0 aromatic heterocycles. The summed E-state index contributed by atoms with van der Waals surface area (Å²) < 4.78 is 5.06. The lowest BCUT2D eigenvalue weighted by atomic mass is 10.1. The van der Waals surface area contributed by atoms with Crippen molar-refractivity contribution in [3.05, 3.63) is 40.4 Å². The van der Waals surface area contributed by atoms with Crippen molar-refractivity contribution in [3.63, 3.8) is 0 Å². The Morgan fingerprint density at radius 2 is 2.17 bits per heavy atom. The molecule has 0 N–H and O–H groups in total. The minimum atomic E-state index is -0.905. The first-order valence-corrected chi connectivity index (χ1v) is 7.49. The van der Waals surface area contributed by atoms with Crippen molar-refractivity contribution in [2.45, 2.75) is 26.4 Å². The Bertz CT molecular complexity index is 650. The zero-order valence-electron chi connectivity index (χ0n) is 13.4. The molecule has 0 heterocycles. The predicted octanol–water partition coefficient (Wildman–Crippen LogP) is 2.97. The topological polar surface area (TPSA) is 70.4 Å². The first kappa shape index (κ1) is 18.7. The van der Waals surface area contributed by atoms with Crippen molar-refractivity contribution in [2.75, 3.05) is 13.6 Å². The van der Waals surface area contributed by atoms with E-state index >= 15 is 0 Å². The standard InChI is InChI=1S/C17H19ClN2O3/c1-12-5-6-14(11-15(12)18)7-8-16(21)23-13(2)17(22)20(3)10-4-9-19/h5-8,11,13H,4,10H2,1-3H3/b8-7+/t13-/m1/s1. The van der Waals surface area contributed by atoms with Crippen molar-refractivity contribution in [3.8, 4) is 6.07 Å². The molecule has 1 rings (SSSR count). The molecule has 0 aliphatic carbocycles. The Morgan fingerprint density at radius 3 is 2.78 bits per heavy atom.